The van der Waals surface area contributed by atoms with E-state index in [2.05, 4.69) is 88.6 Å². The van der Waals surface area contributed by atoms with E-state index in [0.717, 1.165) is 33.4 Å². The summed E-state index contributed by atoms with van der Waals surface area (Å²) in [4.78, 5) is 15.2. The topological polar surface area (TPSA) is 72.3 Å². The third-order valence-electron chi connectivity index (χ3n) is 11.0. The van der Waals surface area contributed by atoms with E-state index in [-0.39, 0.29) is 10.8 Å². The summed E-state index contributed by atoms with van der Waals surface area (Å²) in [6, 6.07) is 41.7. The van der Waals surface area contributed by atoms with Crippen LogP contribution in [0.5, 0.6) is 0 Å². The van der Waals surface area contributed by atoms with Crippen LogP contribution in [0.2, 0.25) is 0 Å². The lowest BCUT2D eigenvalue weighted by molar-refractivity contribution is -0.137. The van der Waals surface area contributed by atoms with Gasteiger partial charge in [0.05, 0.1) is 38.9 Å². The fourth-order valence-electron chi connectivity index (χ4n) is 7.85. The lowest BCUT2D eigenvalue weighted by atomic mass is 9.85. The molecular formula is C49H39F3N6. The van der Waals surface area contributed by atoms with Crippen molar-refractivity contribution in [3.8, 4) is 40.5 Å². The molecule has 0 aliphatic carbocycles. The minimum absolute atomic E-state index is 0.0685. The van der Waals surface area contributed by atoms with E-state index < -0.39 is 11.7 Å². The average Bonchev–Trinajstić information content (AvgIpc) is 3.71. The van der Waals surface area contributed by atoms with E-state index in [1.165, 1.54) is 23.3 Å². The molecule has 0 bridgehead atoms. The van der Waals surface area contributed by atoms with Crippen molar-refractivity contribution in [2.24, 2.45) is 0 Å². The molecule has 0 N–H and O–H groups in total. The summed E-state index contributed by atoms with van der Waals surface area (Å²) in [5.74, 6) is 1.27. The van der Waals surface area contributed by atoms with Crippen LogP contribution < -0.4 is 0 Å². The lowest BCUT2D eigenvalue weighted by Crippen LogP contribution is -2.10. The molecule has 0 atom stereocenters. The minimum atomic E-state index is -4.50. The zero-order valence-electron chi connectivity index (χ0n) is 32.9. The molecule has 0 saturated carbocycles. The molecule has 3 aromatic heterocycles. The molecule has 0 unspecified atom stereocenters. The quantitative estimate of drug-likeness (QED) is 0.179. The fourth-order valence-corrected chi connectivity index (χ4v) is 7.85. The van der Waals surface area contributed by atoms with Gasteiger partial charge in [0.25, 0.3) is 0 Å². The Kier molecular flexibility index (Phi) is 8.34. The molecule has 0 fully saturated rings. The van der Waals surface area contributed by atoms with E-state index >= 15 is 0 Å². The smallest absolute Gasteiger partial charge is 0.308 e. The van der Waals surface area contributed by atoms with Gasteiger partial charge in [-0.3, -0.25) is 4.57 Å². The standard InChI is InChI=1S/C49H39F3N6/c1-47(2,3)32-17-21-42-37(25-32)38-26-33(48(4,5)6)18-22-43(38)58(42)46-55-44(29-12-8-7-9-13-29)54-45(56-46)30-16-20-39(31(24-30)28-53)57-40-15-11-10-14-35(40)36-27-34(49(50,51)52)19-23-41(36)57/h7-27H,1-6H3. The second kappa shape index (κ2) is 13.1. The summed E-state index contributed by atoms with van der Waals surface area (Å²) in [5, 5.41) is 13.9. The fraction of sp³-hybridized carbons (Fsp3) is 0.184. The molecule has 9 aromatic rings. The van der Waals surface area contributed by atoms with Gasteiger partial charge in [0.1, 0.15) is 6.07 Å². The number of nitrogens with zero attached hydrogens (tertiary/aromatic N) is 6. The minimum Gasteiger partial charge on any atom is -0.308 e. The molecule has 0 saturated heterocycles. The van der Waals surface area contributed by atoms with Gasteiger partial charge in [-0.05, 0) is 88.7 Å². The van der Waals surface area contributed by atoms with Crippen molar-refractivity contribution in [1.82, 2.24) is 24.1 Å². The Morgan fingerprint density at radius 1 is 0.483 bits per heavy atom. The molecule has 6 aromatic carbocycles. The van der Waals surface area contributed by atoms with Crippen molar-refractivity contribution in [3.63, 3.8) is 0 Å². The Morgan fingerprint density at radius 3 is 1.57 bits per heavy atom. The monoisotopic (exact) mass is 768 g/mol. The van der Waals surface area contributed by atoms with Crippen molar-refractivity contribution in [2.45, 2.75) is 58.5 Å². The molecular weight excluding hydrogens is 730 g/mol. The zero-order chi connectivity index (χ0) is 40.7. The predicted octanol–water partition coefficient (Wildman–Crippen LogP) is 12.9. The van der Waals surface area contributed by atoms with Crippen molar-refractivity contribution < 1.29 is 13.2 Å². The molecule has 0 radical (unpaired) electrons. The number of nitriles is 1. The highest BCUT2D eigenvalue weighted by atomic mass is 19.4. The first-order valence-electron chi connectivity index (χ1n) is 19.2. The summed E-state index contributed by atoms with van der Waals surface area (Å²) in [6.07, 6.45) is -4.50. The molecule has 3 heterocycles. The third kappa shape index (κ3) is 6.16. The number of benzene rings is 6. The number of alkyl halides is 3. The van der Waals surface area contributed by atoms with Gasteiger partial charge in [-0.15, -0.1) is 0 Å². The first-order valence-corrected chi connectivity index (χ1v) is 19.2. The van der Waals surface area contributed by atoms with Crippen molar-refractivity contribution in [3.05, 3.63) is 150 Å². The number of hydrogen-bond donors (Lipinski definition) is 0. The second-order valence-electron chi connectivity index (χ2n) is 16.9. The van der Waals surface area contributed by atoms with Crippen LogP contribution in [-0.4, -0.2) is 24.1 Å². The first-order chi connectivity index (χ1) is 27.6. The first kappa shape index (κ1) is 36.8. The predicted molar refractivity (Wildman–Crippen MR) is 226 cm³/mol. The molecule has 0 aliphatic heterocycles. The Hall–Kier alpha value is -6.79. The van der Waals surface area contributed by atoms with Crippen LogP contribution in [0.25, 0.3) is 78.0 Å². The van der Waals surface area contributed by atoms with Crippen LogP contribution in [0.4, 0.5) is 13.2 Å². The maximum Gasteiger partial charge on any atom is 0.416 e. The molecule has 9 rings (SSSR count). The molecule has 6 nitrogen and oxygen atoms in total. The van der Waals surface area contributed by atoms with E-state index in [9.17, 15) is 18.4 Å². The molecule has 0 spiro atoms. The van der Waals surface area contributed by atoms with Crippen molar-refractivity contribution in [1.29, 1.82) is 5.26 Å². The Balaban J connectivity index is 1.27. The number of halogens is 3. The number of aromatic nitrogens is 5. The van der Waals surface area contributed by atoms with Crippen LogP contribution >= 0.6 is 0 Å². The second-order valence-corrected chi connectivity index (χ2v) is 16.9. The number of para-hydroxylation sites is 1. The summed E-state index contributed by atoms with van der Waals surface area (Å²) in [7, 11) is 0. The maximum atomic E-state index is 13.8. The normalized spacial score (nSPS) is 12.6. The van der Waals surface area contributed by atoms with Gasteiger partial charge < -0.3 is 4.57 Å². The summed E-state index contributed by atoms with van der Waals surface area (Å²) >= 11 is 0. The maximum absolute atomic E-state index is 13.8. The van der Waals surface area contributed by atoms with E-state index in [1.54, 1.807) is 18.2 Å². The van der Waals surface area contributed by atoms with Crippen LogP contribution in [0.15, 0.2) is 127 Å². The van der Waals surface area contributed by atoms with Gasteiger partial charge in [-0.2, -0.15) is 28.4 Å². The molecule has 9 heteroatoms. The third-order valence-corrected chi connectivity index (χ3v) is 11.0. The van der Waals surface area contributed by atoms with Gasteiger partial charge in [-0.1, -0.05) is 102 Å². The van der Waals surface area contributed by atoms with E-state index in [0.29, 0.717) is 56.2 Å². The number of rotatable bonds is 4. The molecule has 0 aliphatic rings. The average molecular weight is 769 g/mol. The highest BCUT2D eigenvalue weighted by molar-refractivity contribution is 6.10. The van der Waals surface area contributed by atoms with Crippen molar-refractivity contribution in [2.75, 3.05) is 0 Å². The molecule has 286 valence electrons. The van der Waals surface area contributed by atoms with Gasteiger partial charge in [0.15, 0.2) is 11.6 Å². The zero-order valence-corrected chi connectivity index (χ0v) is 32.9. The van der Waals surface area contributed by atoms with Gasteiger partial charge in [0, 0.05) is 32.7 Å². The highest BCUT2D eigenvalue weighted by Crippen LogP contribution is 2.40. The van der Waals surface area contributed by atoms with Gasteiger partial charge >= 0.3 is 6.18 Å². The summed E-state index contributed by atoms with van der Waals surface area (Å²) < 4.78 is 45.4. The van der Waals surface area contributed by atoms with Crippen LogP contribution in [0.1, 0.15) is 63.8 Å². The Labute approximate surface area is 333 Å². The molecule has 58 heavy (non-hydrogen) atoms. The van der Waals surface area contributed by atoms with Gasteiger partial charge in [0.2, 0.25) is 5.95 Å². The molecule has 0 amide bonds. The summed E-state index contributed by atoms with van der Waals surface area (Å²) in [5.41, 5.74) is 6.96. The van der Waals surface area contributed by atoms with Crippen molar-refractivity contribution >= 4 is 43.6 Å². The Morgan fingerprint density at radius 2 is 0.983 bits per heavy atom. The van der Waals surface area contributed by atoms with E-state index in [1.807, 2.05) is 59.2 Å². The van der Waals surface area contributed by atoms with Gasteiger partial charge in [-0.25, -0.2) is 4.98 Å². The SMILES string of the molecule is CC(C)(C)c1ccc2c(c1)c1cc(C(C)(C)C)ccc1n2-c1nc(-c2ccccc2)nc(-c2ccc(-n3c4ccccc4c4cc(C(F)(F)F)ccc43)c(C#N)c2)n1. The van der Waals surface area contributed by atoms with Crippen LogP contribution in [0, 0.1) is 11.3 Å². The highest BCUT2D eigenvalue weighted by Gasteiger charge is 2.31. The van der Waals surface area contributed by atoms with Crippen LogP contribution in [-0.2, 0) is 17.0 Å². The number of fused-ring (bicyclic) bond motifs is 6. The lowest BCUT2D eigenvalue weighted by Gasteiger charge is -2.19. The summed E-state index contributed by atoms with van der Waals surface area (Å²) in [6.45, 7) is 13.3. The van der Waals surface area contributed by atoms with E-state index in [4.69, 9.17) is 15.0 Å². The number of hydrogen-bond acceptors (Lipinski definition) is 4. The largest absolute Gasteiger partial charge is 0.416 e. The van der Waals surface area contributed by atoms with Crippen LogP contribution in [0.3, 0.4) is 0 Å². The Bertz CT molecular complexity index is 3060.